The summed E-state index contributed by atoms with van der Waals surface area (Å²) in [5, 5.41) is 9.86. The highest BCUT2D eigenvalue weighted by Gasteiger charge is 2.39. The molecule has 34 heavy (non-hydrogen) atoms. The number of nitrogens with zero attached hydrogens (tertiary/aromatic N) is 5. The Bertz CT molecular complexity index is 1080. The summed E-state index contributed by atoms with van der Waals surface area (Å²) in [6.07, 6.45) is 1.72. The van der Waals surface area contributed by atoms with Crippen LogP contribution >= 0.6 is 11.6 Å². The topological polar surface area (TPSA) is 103 Å². The average Bonchev–Trinajstić information content (AvgIpc) is 3.32. The number of aromatic nitrogens is 2. The molecular formula is C23H30ClN7O3. The molecule has 11 heteroatoms. The summed E-state index contributed by atoms with van der Waals surface area (Å²) in [6.45, 7) is 10.0. The molecule has 1 aromatic carbocycles. The van der Waals surface area contributed by atoms with Crippen molar-refractivity contribution in [3.05, 3.63) is 47.0 Å². The first-order valence-electron chi connectivity index (χ1n) is 11.3. The SMILES string of the molecule is Cc1ncc2n1C(=O)N(N1CCN(C(=O)C(NC(=O)Nc3ccc(Cl)cc3)C(C)(C)C)CC1)C2. The maximum absolute atomic E-state index is 13.4. The van der Waals surface area contributed by atoms with Crippen LogP contribution in [0, 0.1) is 12.3 Å². The number of nitrogens with one attached hydrogen (secondary N) is 2. The van der Waals surface area contributed by atoms with Gasteiger partial charge in [-0.3, -0.25) is 9.80 Å². The zero-order valence-electron chi connectivity index (χ0n) is 19.8. The number of rotatable bonds is 4. The van der Waals surface area contributed by atoms with Crippen LogP contribution in [0.3, 0.4) is 0 Å². The van der Waals surface area contributed by atoms with Crippen molar-refractivity contribution in [2.45, 2.75) is 40.3 Å². The minimum atomic E-state index is -0.714. The molecule has 1 fully saturated rings. The van der Waals surface area contributed by atoms with Crippen LogP contribution in [0.15, 0.2) is 30.5 Å². The monoisotopic (exact) mass is 487 g/mol. The summed E-state index contributed by atoms with van der Waals surface area (Å²) >= 11 is 5.90. The molecule has 0 aliphatic carbocycles. The molecule has 4 rings (SSSR count). The molecule has 4 amide bonds. The Balaban J connectivity index is 1.36. The van der Waals surface area contributed by atoms with E-state index in [4.69, 9.17) is 11.6 Å². The molecule has 0 radical (unpaired) electrons. The van der Waals surface area contributed by atoms with Gasteiger partial charge in [-0.05, 0) is 36.6 Å². The fraction of sp³-hybridized carbons (Fsp3) is 0.478. The van der Waals surface area contributed by atoms with Gasteiger partial charge in [0.15, 0.2) is 0 Å². The number of hydrogen-bond donors (Lipinski definition) is 2. The van der Waals surface area contributed by atoms with Gasteiger partial charge in [0.2, 0.25) is 5.91 Å². The molecule has 10 nitrogen and oxygen atoms in total. The third-order valence-corrected chi connectivity index (χ3v) is 6.39. The molecule has 1 aromatic heterocycles. The highest BCUT2D eigenvalue weighted by atomic mass is 35.5. The molecule has 1 unspecified atom stereocenters. The molecule has 0 spiro atoms. The highest BCUT2D eigenvalue weighted by Crippen LogP contribution is 2.24. The van der Waals surface area contributed by atoms with Gasteiger partial charge in [-0.2, -0.15) is 0 Å². The number of urea groups is 1. The fourth-order valence-electron chi connectivity index (χ4n) is 4.24. The largest absolute Gasteiger partial charge is 0.344 e. The normalized spacial score (nSPS) is 17.5. The van der Waals surface area contributed by atoms with Crippen LogP contribution in [0.25, 0.3) is 0 Å². The number of carbonyl (C=O) groups excluding carboxylic acids is 3. The van der Waals surface area contributed by atoms with Gasteiger partial charge in [-0.1, -0.05) is 32.4 Å². The predicted octanol–water partition coefficient (Wildman–Crippen LogP) is 2.92. The van der Waals surface area contributed by atoms with E-state index in [0.717, 1.165) is 5.69 Å². The van der Waals surface area contributed by atoms with Gasteiger partial charge in [0, 0.05) is 36.9 Å². The third-order valence-electron chi connectivity index (χ3n) is 6.13. The number of imidazole rings is 1. The first-order valence-corrected chi connectivity index (χ1v) is 11.6. The van der Waals surface area contributed by atoms with E-state index < -0.39 is 17.5 Å². The fourth-order valence-corrected chi connectivity index (χ4v) is 4.37. The Hall–Kier alpha value is -3.11. The lowest BCUT2D eigenvalue weighted by Gasteiger charge is -2.41. The summed E-state index contributed by atoms with van der Waals surface area (Å²) < 4.78 is 1.62. The number of hydrazine groups is 1. The van der Waals surface area contributed by atoms with Crippen LogP contribution in [0.4, 0.5) is 15.3 Å². The summed E-state index contributed by atoms with van der Waals surface area (Å²) in [4.78, 5) is 44.8. The summed E-state index contributed by atoms with van der Waals surface area (Å²) in [5.41, 5.74) is 0.955. The van der Waals surface area contributed by atoms with Gasteiger partial charge in [-0.25, -0.2) is 24.1 Å². The van der Waals surface area contributed by atoms with Gasteiger partial charge < -0.3 is 15.5 Å². The third kappa shape index (κ3) is 4.88. The van der Waals surface area contributed by atoms with Crippen LogP contribution in [-0.2, 0) is 11.3 Å². The minimum absolute atomic E-state index is 0.113. The number of fused-ring (bicyclic) bond motifs is 1. The number of aryl methyl sites for hydroxylation is 1. The number of piperazine rings is 1. The van der Waals surface area contributed by atoms with Gasteiger partial charge in [-0.15, -0.1) is 0 Å². The number of benzene rings is 1. The van der Waals surface area contributed by atoms with Crippen molar-refractivity contribution in [2.24, 2.45) is 5.41 Å². The van der Waals surface area contributed by atoms with Crippen LogP contribution in [0.2, 0.25) is 5.02 Å². The van der Waals surface area contributed by atoms with Crippen LogP contribution in [0.1, 0.15) is 32.3 Å². The van der Waals surface area contributed by atoms with E-state index in [0.29, 0.717) is 49.3 Å². The second-order valence-electron chi connectivity index (χ2n) is 9.66. The van der Waals surface area contributed by atoms with E-state index in [2.05, 4.69) is 15.6 Å². The van der Waals surface area contributed by atoms with Gasteiger partial charge in [0.1, 0.15) is 11.9 Å². The second-order valence-corrected chi connectivity index (χ2v) is 10.1. The maximum atomic E-state index is 13.4. The second kappa shape index (κ2) is 9.27. The Morgan fingerprint density at radius 2 is 1.74 bits per heavy atom. The van der Waals surface area contributed by atoms with Crippen LogP contribution in [0.5, 0.6) is 0 Å². The van der Waals surface area contributed by atoms with Gasteiger partial charge >= 0.3 is 12.1 Å². The first-order chi connectivity index (χ1) is 16.0. The van der Waals surface area contributed by atoms with Crippen molar-refractivity contribution in [2.75, 3.05) is 31.5 Å². The van der Waals surface area contributed by atoms with Gasteiger partial charge in [0.25, 0.3) is 0 Å². The molecule has 2 aromatic rings. The first kappa shape index (κ1) is 24.0. The van der Waals surface area contributed by atoms with E-state index in [1.807, 2.05) is 32.7 Å². The zero-order chi connectivity index (χ0) is 24.6. The molecule has 3 heterocycles. The van der Waals surface area contributed by atoms with Crippen molar-refractivity contribution in [1.82, 2.24) is 29.8 Å². The molecule has 182 valence electrons. The summed E-state index contributed by atoms with van der Waals surface area (Å²) in [5.74, 6) is 0.532. The molecular weight excluding hydrogens is 458 g/mol. The van der Waals surface area contributed by atoms with Crippen molar-refractivity contribution in [3.63, 3.8) is 0 Å². The van der Waals surface area contributed by atoms with Crippen LogP contribution < -0.4 is 10.6 Å². The number of carbonyl (C=O) groups is 3. The Morgan fingerprint density at radius 3 is 2.32 bits per heavy atom. The quantitative estimate of drug-likeness (QED) is 0.690. The maximum Gasteiger partial charge on any atom is 0.344 e. The van der Waals surface area contributed by atoms with E-state index in [1.54, 1.807) is 44.9 Å². The summed E-state index contributed by atoms with van der Waals surface area (Å²) in [7, 11) is 0. The van der Waals surface area contributed by atoms with Crippen molar-refractivity contribution < 1.29 is 14.4 Å². The lowest BCUT2D eigenvalue weighted by molar-refractivity contribution is -0.139. The number of amides is 4. The molecule has 2 N–H and O–H groups in total. The van der Waals surface area contributed by atoms with Gasteiger partial charge in [0.05, 0.1) is 18.4 Å². The van der Waals surface area contributed by atoms with E-state index in [9.17, 15) is 14.4 Å². The highest BCUT2D eigenvalue weighted by molar-refractivity contribution is 6.30. The Morgan fingerprint density at radius 1 is 1.09 bits per heavy atom. The van der Waals surface area contributed by atoms with Crippen molar-refractivity contribution in [3.8, 4) is 0 Å². The molecule has 2 aliphatic rings. The van der Waals surface area contributed by atoms with E-state index in [1.165, 1.54) is 0 Å². The Kier molecular flexibility index (Phi) is 6.55. The molecule has 1 atom stereocenters. The van der Waals surface area contributed by atoms with Crippen molar-refractivity contribution in [1.29, 1.82) is 0 Å². The summed E-state index contributed by atoms with van der Waals surface area (Å²) in [6, 6.07) is 5.48. The Labute approximate surface area is 203 Å². The lowest BCUT2D eigenvalue weighted by Crippen LogP contribution is -2.61. The minimum Gasteiger partial charge on any atom is -0.338 e. The van der Waals surface area contributed by atoms with E-state index in [-0.39, 0.29) is 11.9 Å². The number of halogens is 1. The predicted molar refractivity (Wildman–Crippen MR) is 128 cm³/mol. The number of hydrogen-bond acceptors (Lipinski definition) is 5. The smallest absolute Gasteiger partial charge is 0.338 e. The molecule has 1 saturated heterocycles. The molecule has 0 saturated carbocycles. The van der Waals surface area contributed by atoms with Crippen LogP contribution in [-0.4, -0.2) is 74.7 Å². The average molecular weight is 488 g/mol. The van der Waals surface area contributed by atoms with Crippen molar-refractivity contribution >= 4 is 35.3 Å². The zero-order valence-corrected chi connectivity index (χ0v) is 20.6. The standard InChI is InChI=1S/C23H30ClN7O3/c1-15-25-13-18-14-30(22(34)31(15)18)29-11-9-28(10-12-29)20(32)19(23(2,3)4)27-21(33)26-17-7-5-16(24)6-8-17/h5-8,13,19H,9-12,14H2,1-4H3,(H2,26,27,33). The van der Waals surface area contributed by atoms with E-state index >= 15 is 0 Å². The number of anilines is 1. The lowest BCUT2D eigenvalue weighted by atomic mass is 9.85. The molecule has 0 bridgehead atoms. The molecule has 2 aliphatic heterocycles.